The third-order valence-electron chi connectivity index (χ3n) is 1.29. The van der Waals surface area contributed by atoms with Crippen LogP contribution in [0.5, 0.6) is 0 Å². The third-order valence-corrected chi connectivity index (χ3v) is 2.77. The molecule has 0 aromatic heterocycles. The SMILES string of the molecule is C=CC(=C)OCC(=O)S(C)(C)C. The minimum absolute atomic E-state index is 0.115. The monoisotopic (exact) mass is 188 g/mol. The second-order valence-corrected chi connectivity index (χ2v) is 7.30. The first kappa shape index (κ1) is 11.3. The van der Waals surface area contributed by atoms with Crippen LogP contribution in [0.4, 0.5) is 0 Å². The molecule has 0 aliphatic carbocycles. The van der Waals surface area contributed by atoms with E-state index in [4.69, 9.17) is 4.74 Å². The van der Waals surface area contributed by atoms with E-state index in [1.807, 2.05) is 18.8 Å². The normalized spacial score (nSPS) is 11.9. The van der Waals surface area contributed by atoms with Crippen molar-refractivity contribution >= 4 is 15.1 Å². The zero-order valence-electron chi connectivity index (χ0n) is 7.92. The Bertz CT molecular complexity index is 201. The van der Waals surface area contributed by atoms with E-state index in [1.54, 1.807) is 0 Å². The summed E-state index contributed by atoms with van der Waals surface area (Å²) in [6.07, 6.45) is 7.31. The average Bonchev–Trinajstić information content (AvgIpc) is 1.97. The lowest BCUT2D eigenvalue weighted by Crippen LogP contribution is -2.14. The smallest absolute Gasteiger partial charge is 0.208 e. The number of hydrogen-bond donors (Lipinski definition) is 0. The summed E-state index contributed by atoms with van der Waals surface area (Å²) in [4.78, 5) is 11.3. The molecule has 0 saturated carbocycles. The Kier molecular flexibility index (Phi) is 4.10. The van der Waals surface area contributed by atoms with Gasteiger partial charge in [0.05, 0.1) is 0 Å². The summed E-state index contributed by atoms with van der Waals surface area (Å²) >= 11 is 0. The molecule has 0 fully saturated rings. The van der Waals surface area contributed by atoms with Gasteiger partial charge in [-0.1, -0.05) is 13.2 Å². The number of ether oxygens (including phenoxy) is 1. The lowest BCUT2D eigenvalue weighted by molar-refractivity contribution is -0.114. The molecule has 2 nitrogen and oxygen atoms in total. The molecule has 0 spiro atoms. The van der Waals surface area contributed by atoms with Crippen molar-refractivity contribution in [3.05, 3.63) is 25.0 Å². The highest BCUT2D eigenvalue weighted by Gasteiger charge is 2.15. The second-order valence-electron chi connectivity index (χ2n) is 3.17. The molecule has 0 aromatic carbocycles. The first-order valence-electron chi connectivity index (χ1n) is 3.53. The molecule has 0 atom stereocenters. The van der Waals surface area contributed by atoms with Crippen LogP contribution in [0.15, 0.2) is 25.0 Å². The van der Waals surface area contributed by atoms with Crippen LogP contribution in [-0.2, 0) is 9.53 Å². The molecule has 0 unspecified atom stereocenters. The van der Waals surface area contributed by atoms with Crippen LogP contribution in [0.25, 0.3) is 0 Å². The molecule has 0 heterocycles. The molecule has 0 aliphatic heterocycles. The van der Waals surface area contributed by atoms with Crippen LogP contribution in [0, 0.1) is 0 Å². The maximum atomic E-state index is 11.3. The number of hydrogen-bond acceptors (Lipinski definition) is 2. The van der Waals surface area contributed by atoms with Crippen LogP contribution >= 0.6 is 10.0 Å². The molecule has 0 radical (unpaired) electrons. The molecule has 3 heteroatoms. The van der Waals surface area contributed by atoms with Crippen molar-refractivity contribution in [2.24, 2.45) is 0 Å². The molecule has 0 N–H and O–H groups in total. The van der Waals surface area contributed by atoms with Crippen molar-refractivity contribution in [1.29, 1.82) is 0 Å². The van der Waals surface area contributed by atoms with E-state index in [9.17, 15) is 4.79 Å². The van der Waals surface area contributed by atoms with Crippen molar-refractivity contribution in [3.63, 3.8) is 0 Å². The number of rotatable bonds is 4. The first-order valence-corrected chi connectivity index (χ1v) is 6.39. The maximum Gasteiger partial charge on any atom is 0.208 e. The van der Waals surface area contributed by atoms with Gasteiger partial charge in [-0.15, -0.1) is 0 Å². The molecule has 0 aromatic rings. The average molecular weight is 188 g/mol. The Balaban J connectivity index is 3.88. The van der Waals surface area contributed by atoms with Crippen LogP contribution in [0.1, 0.15) is 0 Å². The molecular weight excluding hydrogens is 172 g/mol. The van der Waals surface area contributed by atoms with E-state index in [0.29, 0.717) is 5.76 Å². The molecule has 0 aliphatic rings. The largest absolute Gasteiger partial charge is 0.486 e. The topological polar surface area (TPSA) is 26.3 Å². The van der Waals surface area contributed by atoms with E-state index < -0.39 is 10.0 Å². The van der Waals surface area contributed by atoms with Crippen molar-refractivity contribution in [2.45, 2.75) is 0 Å². The van der Waals surface area contributed by atoms with Gasteiger partial charge in [-0.05, 0) is 24.8 Å². The number of carbonyl (C=O) groups is 1. The van der Waals surface area contributed by atoms with Gasteiger partial charge in [0.2, 0.25) is 5.12 Å². The zero-order chi connectivity index (χ0) is 9.78. The van der Waals surface area contributed by atoms with Crippen molar-refractivity contribution in [2.75, 3.05) is 25.4 Å². The Morgan fingerprint density at radius 3 is 2.33 bits per heavy atom. The highest BCUT2D eigenvalue weighted by atomic mass is 32.3. The summed E-state index contributed by atoms with van der Waals surface area (Å²) in [5.74, 6) is 0.451. The molecule has 0 saturated heterocycles. The Morgan fingerprint density at radius 1 is 1.50 bits per heavy atom. The maximum absolute atomic E-state index is 11.3. The lowest BCUT2D eigenvalue weighted by atomic mass is 10.5. The van der Waals surface area contributed by atoms with Gasteiger partial charge in [-0.25, -0.2) is 0 Å². The van der Waals surface area contributed by atoms with Gasteiger partial charge in [-0.3, -0.25) is 4.79 Å². The fraction of sp³-hybridized carbons (Fsp3) is 0.444. The second kappa shape index (κ2) is 4.36. The molecule has 0 bridgehead atoms. The molecule has 70 valence electrons. The van der Waals surface area contributed by atoms with Gasteiger partial charge in [0.25, 0.3) is 0 Å². The van der Waals surface area contributed by atoms with E-state index >= 15 is 0 Å². The van der Waals surface area contributed by atoms with E-state index in [-0.39, 0.29) is 11.7 Å². The van der Waals surface area contributed by atoms with Crippen molar-refractivity contribution in [3.8, 4) is 0 Å². The van der Waals surface area contributed by atoms with Gasteiger partial charge in [0, 0.05) is 0 Å². The molecular formula is C9H16O2S. The summed E-state index contributed by atoms with van der Waals surface area (Å²) in [6.45, 7) is 7.13. The molecule has 0 rings (SSSR count). The predicted octanol–water partition coefficient (Wildman–Crippen LogP) is 1.92. The summed E-state index contributed by atoms with van der Waals surface area (Å²) in [5, 5.41) is 0.144. The highest BCUT2D eigenvalue weighted by Crippen LogP contribution is 2.35. The van der Waals surface area contributed by atoms with E-state index in [0.717, 1.165) is 0 Å². The van der Waals surface area contributed by atoms with Gasteiger partial charge in [0.1, 0.15) is 5.76 Å². The van der Waals surface area contributed by atoms with Crippen LogP contribution < -0.4 is 0 Å². The Labute approximate surface area is 75.6 Å². The third kappa shape index (κ3) is 4.23. The minimum Gasteiger partial charge on any atom is -0.486 e. The van der Waals surface area contributed by atoms with Crippen LogP contribution in [0.3, 0.4) is 0 Å². The van der Waals surface area contributed by atoms with Crippen molar-refractivity contribution < 1.29 is 9.53 Å². The summed E-state index contributed by atoms with van der Waals surface area (Å²) in [7, 11) is -1.15. The van der Waals surface area contributed by atoms with Gasteiger partial charge < -0.3 is 4.74 Å². The summed E-state index contributed by atoms with van der Waals surface area (Å²) in [6, 6.07) is 0. The molecule has 0 amide bonds. The Hall–Kier alpha value is -0.700. The van der Waals surface area contributed by atoms with Crippen LogP contribution in [0.2, 0.25) is 0 Å². The quantitative estimate of drug-likeness (QED) is 0.497. The van der Waals surface area contributed by atoms with Crippen LogP contribution in [-0.4, -0.2) is 30.5 Å². The predicted molar refractivity (Wildman–Crippen MR) is 55.7 cm³/mol. The van der Waals surface area contributed by atoms with Gasteiger partial charge in [-0.2, -0.15) is 10.0 Å². The molecule has 12 heavy (non-hydrogen) atoms. The zero-order valence-corrected chi connectivity index (χ0v) is 8.74. The number of allylic oxidation sites excluding steroid dienone is 1. The lowest BCUT2D eigenvalue weighted by Gasteiger charge is -2.22. The highest BCUT2D eigenvalue weighted by molar-refractivity contribution is 8.43. The van der Waals surface area contributed by atoms with E-state index in [1.165, 1.54) is 6.08 Å². The fourth-order valence-corrected chi connectivity index (χ4v) is 0.800. The number of carbonyl (C=O) groups excluding carboxylic acids is 1. The summed E-state index contributed by atoms with van der Waals surface area (Å²) in [5.41, 5.74) is 0. The van der Waals surface area contributed by atoms with Gasteiger partial charge >= 0.3 is 0 Å². The Morgan fingerprint density at radius 2 is 2.00 bits per heavy atom. The van der Waals surface area contributed by atoms with Gasteiger partial charge in [0.15, 0.2) is 6.61 Å². The first-order chi connectivity index (χ1) is 5.38. The van der Waals surface area contributed by atoms with E-state index in [2.05, 4.69) is 13.2 Å². The fourth-order valence-electron chi connectivity index (χ4n) is 0.387. The summed E-state index contributed by atoms with van der Waals surface area (Å²) < 4.78 is 5.04. The van der Waals surface area contributed by atoms with Crippen molar-refractivity contribution in [1.82, 2.24) is 0 Å². The minimum atomic E-state index is -1.15. The standard InChI is InChI=1S/C9H16O2S/c1-6-8(2)11-7-9(10)12(3,4)5/h6H,1-2,7H2,3-5H3.